The number of ether oxygens (including phenoxy) is 1. The number of hydrogen-bond donors (Lipinski definition) is 4. The van der Waals surface area contributed by atoms with Gasteiger partial charge in [-0.1, -0.05) is 174 Å². The molecule has 7 nitrogen and oxygen atoms in total. The summed E-state index contributed by atoms with van der Waals surface area (Å²) in [4.78, 5) is 14.9. The number of unbranched alkanes of at least 4 members (excludes halogenated alkanes) is 25. The van der Waals surface area contributed by atoms with Crippen molar-refractivity contribution >= 4 is 5.91 Å². The van der Waals surface area contributed by atoms with Crippen molar-refractivity contribution in [3.8, 4) is 0 Å². The van der Waals surface area contributed by atoms with E-state index < -0.39 is 37.3 Å². The van der Waals surface area contributed by atoms with Crippen molar-refractivity contribution in [1.29, 1.82) is 0 Å². The van der Waals surface area contributed by atoms with Gasteiger partial charge < -0.3 is 30.1 Å². The average molecular weight is 642 g/mol. The molecule has 1 aliphatic rings. The van der Waals surface area contributed by atoms with Gasteiger partial charge >= 0.3 is 0 Å². The van der Waals surface area contributed by atoms with Crippen LogP contribution in [0.2, 0.25) is 0 Å². The molecule has 0 aromatic rings. The standard InChI is InChI=1S/C38H75NO6/c1-3-5-7-9-11-13-15-16-17-18-19-21-23-25-27-29-31-39(38-37(44)36(43)35(42)33(32-40)45-38)34(41)30-28-26-24-22-20-14-12-10-8-6-4-2/h33,35-38,40,42-44H,3-32H2,1-2H3/t33-,35-,36+,37+,38-/m1/s1. The van der Waals surface area contributed by atoms with E-state index in [1.807, 2.05) is 0 Å². The van der Waals surface area contributed by atoms with Gasteiger partial charge in [0.1, 0.15) is 24.4 Å². The van der Waals surface area contributed by atoms with E-state index in [9.17, 15) is 25.2 Å². The number of carbonyl (C=O) groups excluding carboxylic acids is 1. The van der Waals surface area contributed by atoms with E-state index in [0.717, 1.165) is 38.5 Å². The van der Waals surface area contributed by atoms with Crippen molar-refractivity contribution in [2.75, 3.05) is 13.2 Å². The third-order valence-corrected chi connectivity index (χ3v) is 9.74. The molecule has 0 bridgehead atoms. The molecule has 1 saturated heterocycles. The third kappa shape index (κ3) is 20.3. The van der Waals surface area contributed by atoms with E-state index in [1.54, 1.807) is 4.90 Å². The molecule has 0 aromatic heterocycles. The van der Waals surface area contributed by atoms with Crippen LogP contribution in [0.15, 0.2) is 0 Å². The van der Waals surface area contributed by atoms with E-state index in [0.29, 0.717) is 13.0 Å². The van der Waals surface area contributed by atoms with Crippen LogP contribution in [0.5, 0.6) is 0 Å². The maximum absolute atomic E-state index is 13.4. The highest BCUT2D eigenvalue weighted by atomic mass is 16.6. The number of aliphatic hydroxyl groups excluding tert-OH is 4. The highest BCUT2D eigenvalue weighted by molar-refractivity contribution is 5.76. The lowest BCUT2D eigenvalue weighted by molar-refractivity contribution is -0.262. The largest absolute Gasteiger partial charge is 0.394 e. The fourth-order valence-corrected chi connectivity index (χ4v) is 6.65. The van der Waals surface area contributed by atoms with E-state index >= 15 is 0 Å². The van der Waals surface area contributed by atoms with Gasteiger partial charge in [0.15, 0.2) is 6.23 Å². The minimum absolute atomic E-state index is 0.0868. The van der Waals surface area contributed by atoms with Crippen molar-refractivity contribution in [2.45, 2.75) is 224 Å². The second-order valence-corrected chi connectivity index (χ2v) is 13.9. The summed E-state index contributed by atoms with van der Waals surface area (Å²) in [6.45, 7) is 4.47. The molecule has 268 valence electrons. The molecule has 1 aliphatic heterocycles. The van der Waals surface area contributed by atoms with E-state index in [-0.39, 0.29) is 5.91 Å². The lowest BCUT2D eigenvalue weighted by Gasteiger charge is -2.44. The highest BCUT2D eigenvalue weighted by Crippen LogP contribution is 2.25. The average Bonchev–Trinajstić information content (AvgIpc) is 3.04. The zero-order valence-corrected chi connectivity index (χ0v) is 29.7. The molecule has 0 spiro atoms. The van der Waals surface area contributed by atoms with Crippen LogP contribution < -0.4 is 0 Å². The Morgan fingerprint density at radius 3 is 1.24 bits per heavy atom. The summed E-state index contributed by atoms with van der Waals surface area (Å²) >= 11 is 0. The molecule has 4 N–H and O–H groups in total. The Hall–Kier alpha value is -0.730. The molecule has 0 saturated carbocycles. The van der Waals surface area contributed by atoms with Crippen LogP contribution in [-0.4, -0.2) is 75.0 Å². The lowest BCUT2D eigenvalue weighted by Crippen LogP contribution is -2.64. The van der Waals surface area contributed by atoms with Crippen LogP contribution in [0.4, 0.5) is 0 Å². The van der Waals surface area contributed by atoms with Gasteiger partial charge in [-0.3, -0.25) is 4.79 Å². The van der Waals surface area contributed by atoms with Crippen LogP contribution in [0.25, 0.3) is 0 Å². The van der Waals surface area contributed by atoms with Gasteiger partial charge in [0, 0.05) is 13.0 Å². The Balaban J connectivity index is 2.32. The summed E-state index contributed by atoms with van der Waals surface area (Å²) in [6.07, 6.45) is 27.8. The first-order chi connectivity index (χ1) is 22.0. The van der Waals surface area contributed by atoms with E-state index in [2.05, 4.69) is 13.8 Å². The Morgan fingerprint density at radius 1 is 0.511 bits per heavy atom. The summed E-state index contributed by atoms with van der Waals surface area (Å²) in [7, 11) is 0. The van der Waals surface area contributed by atoms with Gasteiger partial charge in [-0.25, -0.2) is 0 Å². The normalized spacial score (nSPS) is 21.8. The van der Waals surface area contributed by atoms with Gasteiger partial charge in [0.2, 0.25) is 5.91 Å². The summed E-state index contributed by atoms with van der Waals surface area (Å²) in [5, 5.41) is 41.0. The van der Waals surface area contributed by atoms with E-state index in [1.165, 1.54) is 135 Å². The van der Waals surface area contributed by atoms with Crippen LogP contribution in [0, 0.1) is 0 Å². The monoisotopic (exact) mass is 642 g/mol. The van der Waals surface area contributed by atoms with E-state index in [4.69, 9.17) is 4.74 Å². The summed E-state index contributed by atoms with van der Waals surface area (Å²) in [5.74, 6) is -0.0868. The number of hydrogen-bond acceptors (Lipinski definition) is 6. The number of carbonyl (C=O) groups is 1. The van der Waals surface area contributed by atoms with Crippen molar-refractivity contribution in [3.05, 3.63) is 0 Å². The minimum atomic E-state index is -1.47. The van der Waals surface area contributed by atoms with Crippen molar-refractivity contribution in [2.24, 2.45) is 0 Å². The van der Waals surface area contributed by atoms with Crippen LogP contribution >= 0.6 is 0 Å². The topological polar surface area (TPSA) is 110 Å². The molecule has 1 heterocycles. The molecule has 0 aromatic carbocycles. The fourth-order valence-electron chi connectivity index (χ4n) is 6.65. The molecule has 1 fully saturated rings. The van der Waals surface area contributed by atoms with Crippen LogP contribution in [0.1, 0.15) is 194 Å². The number of aliphatic hydroxyl groups is 4. The Kier molecular flexibility index (Phi) is 27.6. The van der Waals surface area contributed by atoms with Crippen molar-refractivity contribution in [3.63, 3.8) is 0 Å². The number of rotatable bonds is 31. The zero-order valence-electron chi connectivity index (χ0n) is 29.7. The lowest BCUT2D eigenvalue weighted by atomic mass is 9.97. The molecular formula is C38H75NO6. The second kappa shape index (κ2) is 29.4. The third-order valence-electron chi connectivity index (χ3n) is 9.74. The number of nitrogens with zero attached hydrogens (tertiary/aromatic N) is 1. The summed E-state index contributed by atoms with van der Waals surface area (Å²) in [5.41, 5.74) is 0. The molecule has 45 heavy (non-hydrogen) atoms. The van der Waals surface area contributed by atoms with Gasteiger partial charge in [-0.05, 0) is 12.8 Å². The Bertz CT molecular complexity index is 662. The first-order valence-corrected chi connectivity index (χ1v) is 19.6. The van der Waals surface area contributed by atoms with Gasteiger partial charge in [0.05, 0.1) is 6.61 Å². The molecule has 0 unspecified atom stereocenters. The molecule has 1 rings (SSSR count). The first-order valence-electron chi connectivity index (χ1n) is 19.6. The molecule has 1 amide bonds. The quantitative estimate of drug-likeness (QED) is 0.0565. The summed E-state index contributed by atoms with van der Waals surface area (Å²) in [6, 6.07) is 0. The van der Waals surface area contributed by atoms with Gasteiger partial charge in [-0.15, -0.1) is 0 Å². The predicted octanol–water partition coefficient (Wildman–Crippen LogP) is 8.58. The van der Waals surface area contributed by atoms with Crippen molar-refractivity contribution < 1.29 is 30.0 Å². The molecule has 5 atom stereocenters. The zero-order chi connectivity index (χ0) is 33.0. The molecule has 0 radical (unpaired) electrons. The first kappa shape index (κ1) is 42.3. The summed E-state index contributed by atoms with van der Waals surface area (Å²) < 4.78 is 5.80. The SMILES string of the molecule is CCCCCCCCCCCCCCCCCCN(C(=O)CCCCCCCCCCCCC)[C@@H]1O[C@H](CO)[C@@H](O)[C@H](O)[C@@H]1O. The molecule has 7 heteroatoms. The fraction of sp³-hybridized carbons (Fsp3) is 0.974. The predicted molar refractivity (Wildman–Crippen MR) is 186 cm³/mol. The highest BCUT2D eigenvalue weighted by Gasteiger charge is 2.46. The smallest absolute Gasteiger partial charge is 0.224 e. The van der Waals surface area contributed by atoms with Crippen LogP contribution in [-0.2, 0) is 9.53 Å². The Labute approximate surface area is 277 Å². The van der Waals surface area contributed by atoms with Crippen LogP contribution in [0.3, 0.4) is 0 Å². The molecule has 0 aliphatic carbocycles. The number of amides is 1. The van der Waals surface area contributed by atoms with Crippen molar-refractivity contribution in [1.82, 2.24) is 4.90 Å². The van der Waals surface area contributed by atoms with Gasteiger partial charge in [0.25, 0.3) is 0 Å². The molecular weight excluding hydrogens is 566 g/mol. The minimum Gasteiger partial charge on any atom is -0.394 e. The Morgan fingerprint density at radius 2 is 0.867 bits per heavy atom. The second-order valence-electron chi connectivity index (χ2n) is 13.9. The van der Waals surface area contributed by atoms with Gasteiger partial charge in [-0.2, -0.15) is 0 Å². The maximum atomic E-state index is 13.4. The maximum Gasteiger partial charge on any atom is 0.224 e.